The van der Waals surface area contributed by atoms with Gasteiger partial charge in [0.15, 0.2) is 0 Å². The third-order valence-corrected chi connectivity index (χ3v) is 2.98. The van der Waals surface area contributed by atoms with Gasteiger partial charge in [-0.1, -0.05) is 13.8 Å². The summed E-state index contributed by atoms with van der Waals surface area (Å²) in [5, 5.41) is 0. The van der Waals surface area contributed by atoms with E-state index in [1.165, 1.54) is 0 Å². The minimum Gasteiger partial charge on any atom is -0.383 e. The molecule has 0 amide bonds. The third-order valence-electron chi connectivity index (χ3n) is 2.17. The Hall–Kier alpha value is -0.680. The monoisotopic (exact) mass is 287 g/mol. The van der Waals surface area contributed by atoms with Crippen LogP contribution in [0.3, 0.4) is 0 Å². The summed E-state index contributed by atoms with van der Waals surface area (Å²) in [5.41, 5.74) is 6.78. The molecule has 1 aromatic rings. The van der Waals surface area contributed by atoms with Gasteiger partial charge in [-0.25, -0.2) is 9.97 Å². The number of ether oxygens (including phenoxy) is 1. The molecule has 0 bridgehead atoms. The highest BCUT2D eigenvalue weighted by Gasteiger charge is 2.12. The third kappa shape index (κ3) is 3.42. The first kappa shape index (κ1) is 13.4. The Balaban J connectivity index is 2.86. The molecule has 0 saturated carbocycles. The molecule has 0 aliphatic carbocycles. The molecule has 2 N–H and O–H groups in total. The fourth-order valence-corrected chi connectivity index (χ4v) is 1.97. The Labute approximate surface area is 105 Å². The second-order valence-electron chi connectivity index (χ2n) is 3.83. The van der Waals surface area contributed by atoms with Crippen LogP contribution in [0.1, 0.15) is 38.2 Å². The summed E-state index contributed by atoms with van der Waals surface area (Å²) < 4.78 is 6.08. The molecular weight excluding hydrogens is 270 g/mol. The smallest absolute Gasteiger partial charge is 0.141 e. The first-order valence-electron chi connectivity index (χ1n) is 5.45. The number of rotatable bonds is 5. The van der Waals surface area contributed by atoms with Crippen LogP contribution >= 0.6 is 15.9 Å². The van der Waals surface area contributed by atoms with Gasteiger partial charge in [0.25, 0.3) is 0 Å². The summed E-state index contributed by atoms with van der Waals surface area (Å²) in [6, 6.07) is 0. The Morgan fingerprint density at radius 3 is 2.62 bits per heavy atom. The number of nitrogens with zero attached hydrogens (tertiary/aromatic N) is 2. The maximum atomic E-state index is 5.82. The van der Waals surface area contributed by atoms with Crippen molar-refractivity contribution in [3.05, 3.63) is 16.0 Å². The molecular formula is C11H18BrN3O. The van der Waals surface area contributed by atoms with E-state index in [0.717, 1.165) is 16.0 Å². The van der Waals surface area contributed by atoms with Crippen molar-refractivity contribution in [2.75, 3.05) is 18.9 Å². The van der Waals surface area contributed by atoms with Crippen molar-refractivity contribution in [3.8, 4) is 0 Å². The summed E-state index contributed by atoms with van der Waals surface area (Å²) >= 11 is 3.42. The second kappa shape index (κ2) is 6.15. The summed E-state index contributed by atoms with van der Waals surface area (Å²) in [7, 11) is 0. The number of halogens is 1. The molecule has 1 heterocycles. The van der Waals surface area contributed by atoms with Gasteiger partial charge < -0.3 is 10.5 Å². The summed E-state index contributed by atoms with van der Waals surface area (Å²) in [5.74, 6) is 1.58. The van der Waals surface area contributed by atoms with E-state index >= 15 is 0 Å². The van der Waals surface area contributed by atoms with Gasteiger partial charge in [0.2, 0.25) is 0 Å². The summed E-state index contributed by atoms with van der Waals surface area (Å²) in [6.07, 6.45) is 0.699. The predicted octanol–water partition coefficient (Wildman–Crippen LogP) is 2.52. The van der Waals surface area contributed by atoms with Crippen molar-refractivity contribution in [2.24, 2.45) is 0 Å². The van der Waals surface area contributed by atoms with E-state index in [-0.39, 0.29) is 0 Å². The molecule has 0 aliphatic rings. The number of nitrogens with two attached hydrogens (primary N) is 1. The molecule has 5 heteroatoms. The van der Waals surface area contributed by atoms with Crippen molar-refractivity contribution in [3.63, 3.8) is 0 Å². The lowest BCUT2D eigenvalue weighted by atomic mass is 10.1. The van der Waals surface area contributed by atoms with Gasteiger partial charge in [-0.3, -0.25) is 0 Å². The Bertz CT molecular complexity index is 355. The number of aromatic nitrogens is 2. The Morgan fingerprint density at radius 2 is 2.06 bits per heavy atom. The number of anilines is 1. The Kier molecular flexibility index (Phi) is 5.15. The van der Waals surface area contributed by atoms with Crippen LogP contribution in [0.25, 0.3) is 0 Å². The number of hydrogen-bond donors (Lipinski definition) is 1. The molecule has 1 aromatic heterocycles. The number of nitrogen functional groups attached to an aromatic ring is 1. The molecule has 0 saturated heterocycles. The van der Waals surface area contributed by atoms with Gasteiger partial charge in [-0.15, -0.1) is 0 Å². The highest BCUT2D eigenvalue weighted by molar-refractivity contribution is 9.10. The Morgan fingerprint density at radius 1 is 1.38 bits per heavy atom. The quantitative estimate of drug-likeness (QED) is 0.846. The van der Waals surface area contributed by atoms with E-state index in [1.54, 1.807) is 0 Å². The van der Waals surface area contributed by atoms with E-state index in [1.807, 2.05) is 6.92 Å². The van der Waals surface area contributed by atoms with Crippen LogP contribution in [0.15, 0.2) is 4.47 Å². The molecule has 0 aliphatic heterocycles. The SMILES string of the molecule is CCOCCc1nc(N)c(Br)c(C(C)C)n1. The summed E-state index contributed by atoms with van der Waals surface area (Å²) in [4.78, 5) is 8.71. The largest absolute Gasteiger partial charge is 0.383 e. The highest BCUT2D eigenvalue weighted by Crippen LogP contribution is 2.26. The fraction of sp³-hybridized carbons (Fsp3) is 0.636. The highest BCUT2D eigenvalue weighted by atomic mass is 79.9. The van der Waals surface area contributed by atoms with Gasteiger partial charge in [-0.2, -0.15) is 0 Å². The van der Waals surface area contributed by atoms with Gasteiger partial charge in [0.1, 0.15) is 11.6 Å². The molecule has 0 atom stereocenters. The first-order valence-corrected chi connectivity index (χ1v) is 6.25. The second-order valence-corrected chi connectivity index (χ2v) is 4.62. The average Bonchev–Trinajstić information content (AvgIpc) is 2.23. The lowest BCUT2D eigenvalue weighted by Gasteiger charge is -2.11. The lowest BCUT2D eigenvalue weighted by Crippen LogP contribution is -2.09. The van der Waals surface area contributed by atoms with Crippen molar-refractivity contribution in [2.45, 2.75) is 33.1 Å². The van der Waals surface area contributed by atoms with E-state index in [4.69, 9.17) is 10.5 Å². The molecule has 0 fully saturated rings. The number of hydrogen-bond acceptors (Lipinski definition) is 4. The topological polar surface area (TPSA) is 61.0 Å². The molecule has 0 radical (unpaired) electrons. The van der Waals surface area contributed by atoms with Crippen LogP contribution in [0.4, 0.5) is 5.82 Å². The molecule has 0 unspecified atom stereocenters. The summed E-state index contributed by atoms with van der Waals surface area (Å²) in [6.45, 7) is 7.48. The van der Waals surface area contributed by atoms with Crippen LogP contribution < -0.4 is 5.73 Å². The lowest BCUT2D eigenvalue weighted by molar-refractivity contribution is 0.149. The van der Waals surface area contributed by atoms with Gasteiger partial charge in [-0.05, 0) is 28.8 Å². The maximum absolute atomic E-state index is 5.82. The molecule has 4 nitrogen and oxygen atoms in total. The molecule has 0 aromatic carbocycles. The standard InChI is InChI=1S/C11H18BrN3O/c1-4-16-6-5-8-14-10(7(2)3)9(12)11(13)15-8/h7H,4-6H2,1-3H3,(H2,13,14,15). The van der Waals surface area contributed by atoms with Crippen molar-refractivity contribution in [1.29, 1.82) is 0 Å². The van der Waals surface area contributed by atoms with Crippen molar-refractivity contribution in [1.82, 2.24) is 9.97 Å². The van der Waals surface area contributed by atoms with Crippen LogP contribution in [0.5, 0.6) is 0 Å². The minimum absolute atomic E-state index is 0.325. The predicted molar refractivity (Wildman–Crippen MR) is 68.4 cm³/mol. The van der Waals surface area contributed by atoms with Crippen LogP contribution in [0.2, 0.25) is 0 Å². The van der Waals surface area contributed by atoms with E-state index in [9.17, 15) is 0 Å². The zero-order chi connectivity index (χ0) is 12.1. The maximum Gasteiger partial charge on any atom is 0.141 e. The minimum atomic E-state index is 0.325. The average molecular weight is 288 g/mol. The molecule has 0 spiro atoms. The van der Waals surface area contributed by atoms with Gasteiger partial charge in [0, 0.05) is 13.0 Å². The molecule has 16 heavy (non-hydrogen) atoms. The van der Waals surface area contributed by atoms with Gasteiger partial charge in [0.05, 0.1) is 16.8 Å². The van der Waals surface area contributed by atoms with E-state index in [0.29, 0.717) is 31.4 Å². The van der Waals surface area contributed by atoms with Gasteiger partial charge >= 0.3 is 0 Å². The molecule has 90 valence electrons. The van der Waals surface area contributed by atoms with Crippen LogP contribution in [-0.2, 0) is 11.2 Å². The van der Waals surface area contributed by atoms with Crippen LogP contribution in [-0.4, -0.2) is 23.2 Å². The first-order chi connectivity index (χ1) is 7.56. The van der Waals surface area contributed by atoms with E-state index < -0.39 is 0 Å². The zero-order valence-electron chi connectivity index (χ0n) is 9.96. The zero-order valence-corrected chi connectivity index (χ0v) is 11.5. The van der Waals surface area contributed by atoms with Crippen molar-refractivity contribution < 1.29 is 4.74 Å². The fourth-order valence-electron chi connectivity index (χ4n) is 1.33. The van der Waals surface area contributed by atoms with E-state index in [2.05, 4.69) is 39.7 Å². The molecule has 1 rings (SSSR count). The normalized spacial score (nSPS) is 11.1. The van der Waals surface area contributed by atoms with Crippen molar-refractivity contribution >= 4 is 21.7 Å². The van der Waals surface area contributed by atoms with Crippen LogP contribution in [0, 0.1) is 0 Å².